The van der Waals surface area contributed by atoms with Crippen LogP contribution in [0.2, 0.25) is 0 Å². The monoisotopic (exact) mass is 871 g/mol. The van der Waals surface area contributed by atoms with Crippen LogP contribution in [0.4, 0.5) is 0 Å². The van der Waals surface area contributed by atoms with Crippen LogP contribution < -0.4 is 11.1 Å². The van der Waals surface area contributed by atoms with E-state index >= 15 is 0 Å². The van der Waals surface area contributed by atoms with Gasteiger partial charge in [0.05, 0.1) is 37.9 Å². The number of nitrogens with one attached hydrogen (secondary N) is 1. The summed E-state index contributed by atoms with van der Waals surface area (Å²) in [6.45, 7) is 4.00. The lowest BCUT2D eigenvalue weighted by Crippen LogP contribution is -2.46. The van der Waals surface area contributed by atoms with Crippen LogP contribution in [0.1, 0.15) is 251 Å². The van der Waals surface area contributed by atoms with E-state index in [0.717, 1.165) is 51.4 Å². The average molecular weight is 871 g/mol. The van der Waals surface area contributed by atoms with Crippen LogP contribution in [0.5, 0.6) is 0 Å². The van der Waals surface area contributed by atoms with Gasteiger partial charge in [-0.1, -0.05) is 224 Å². The Balaban J connectivity index is 4.21. The van der Waals surface area contributed by atoms with Crippen LogP contribution in [-0.2, 0) is 18.4 Å². The predicted molar refractivity (Wildman–Crippen MR) is 255 cm³/mol. The summed E-state index contributed by atoms with van der Waals surface area (Å²) < 4.78 is 22.2. The van der Waals surface area contributed by atoms with Crippen LogP contribution in [0.15, 0.2) is 24.3 Å². The summed E-state index contributed by atoms with van der Waals surface area (Å²) in [4.78, 5) is 22.9. The first-order chi connectivity index (χ1) is 29.3. The molecule has 6 N–H and O–H groups in total. The number of phosphoric ester groups is 1. The summed E-state index contributed by atoms with van der Waals surface area (Å²) >= 11 is 0. The molecular formula is C50H99N2O7P. The van der Waals surface area contributed by atoms with Gasteiger partial charge in [-0.3, -0.25) is 13.8 Å². The molecule has 0 fully saturated rings. The zero-order valence-corrected chi connectivity index (χ0v) is 40.2. The number of nitrogens with two attached hydrogens (primary N) is 1. The van der Waals surface area contributed by atoms with E-state index in [-0.39, 0.29) is 19.6 Å². The van der Waals surface area contributed by atoms with E-state index in [2.05, 4.69) is 31.3 Å². The number of aliphatic hydroxyl groups is 2. The first kappa shape index (κ1) is 58.9. The van der Waals surface area contributed by atoms with Gasteiger partial charge in [-0.2, -0.15) is 0 Å². The highest BCUT2D eigenvalue weighted by atomic mass is 31.2. The molecule has 0 heterocycles. The maximum atomic E-state index is 12.9. The largest absolute Gasteiger partial charge is 0.472 e. The summed E-state index contributed by atoms with van der Waals surface area (Å²) in [5, 5.41) is 24.2. The number of amides is 1. The molecule has 0 saturated heterocycles. The van der Waals surface area contributed by atoms with Crippen molar-refractivity contribution in [3.63, 3.8) is 0 Å². The molecule has 4 unspecified atom stereocenters. The number of hydrogen-bond acceptors (Lipinski definition) is 7. The molecule has 0 aromatic heterocycles. The third-order valence-corrected chi connectivity index (χ3v) is 12.6. The second kappa shape index (κ2) is 45.9. The van der Waals surface area contributed by atoms with Gasteiger partial charge in [0.25, 0.3) is 0 Å². The highest BCUT2D eigenvalue weighted by molar-refractivity contribution is 7.47. The molecule has 0 aromatic rings. The zero-order chi connectivity index (χ0) is 44.0. The first-order valence-corrected chi connectivity index (χ1v) is 27.0. The van der Waals surface area contributed by atoms with Gasteiger partial charge in [0.1, 0.15) is 0 Å². The van der Waals surface area contributed by atoms with Crippen LogP contribution in [0.3, 0.4) is 0 Å². The molecule has 356 valence electrons. The van der Waals surface area contributed by atoms with E-state index in [4.69, 9.17) is 14.8 Å². The quantitative estimate of drug-likeness (QED) is 0.0230. The molecule has 0 aliphatic rings. The van der Waals surface area contributed by atoms with E-state index in [1.165, 1.54) is 173 Å². The minimum atomic E-state index is -4.40. The number of carbonyl (C=O) groups excluding carboxylic acids is 1. The molecule has 0 rings (SSSR count). The van der Waals surface area contributed by atoms with Gasteiger partial charge in [0.2, 0.25) is 5.91 Å². The van der Waals surface area contributed by atoms with E-state index in [9.17, 15) is 24.5 Å². The number of carbonyl (C=O) groups is 1. The summed E-state index contributed by atoms with van der Waals surface area (Å²) in [5.74, 6) is -0.447. The van der Waals surface area contributed by atoms with Gasteiger partial charge in [-0.15, -0.1) is 0 Å². The number of allylic oxidation sites excluding steroid dienone is 3. The summed E-state index contributed by atoms with van der Waals surface area (Å²) in [6, 6.07) is -0.984. The topological polar surface area (TPSA) is 151 Å². The third kappa shape index (κ3) is 43.6. The van der Waals surface area contributed by atoms with Crippen molar-refractivity contribution in [2.75, 3.05) is 19.8 Å². The molecule has 10 heteroatoms. The lowest BCUT2D eigenvalue weighted by molar-refractivity contribution is -0.124. The fraction of sp³-hybridized carbons (Fsp3) is 0.900. The lowest BCUT2D eigenvalue weighted by atomic mass is 10.0. The van der Waals surface area contributed by atoms with Crippen molar-refractivity contribution in [1.29, 1.82) is 0 Å². The van der Waals surface area contributed by atoms with Gasteiger partial charge >= 0.3 is 7.82 Å². The molecule has 0 bridgehead atoms. The second-order valence-electron chi connectivity index (χ2n) is 17.6. The van der Waals surface area contributed by atoms with Crippen LogP contribution in [0, 0.1) is 0 Å². The average Bonchev–Trinajstić information content (AvgIpc) is 3.23. The molecule has 9 nitrogen and oxygen atoms in total. The number of hydrogen-bond donors (Lipinski definition) is 5. The van der Waals surface area contributed by atoms with Gasteiger partial charge < -0.3 is 26.2 Å². The summed E-state index contributed by atoms with van der Waals surface area (Å²) in [6.07, 6.45) is 51.2. The van der Waals surface area contributed by atoms with Gasteiger partial charge in [-0.25, -0.2) is 4.57 Å². The standard InChI is InChI=1S/C50H99N2O7P/c1-3-5-7-9-11-13-15-17-19-21-23-24-26-28-30-32-34-36-38-40-42-49(54)48(46-59-60(56,57)58-44-43-51)52-50(55)45-47(53)41-39-37-35-33-31-29-27-25-22-20-18-16-14-12-10-8-6-4-2/h25,27,40,42,47-49,53-54H,3-24,26,28-39,41,43-46,51H2,1-2H3,(H,52,55)(H,56,57)/b27-25-,42-40+. The molecule has 1 amide bonds. The highest BCUT2D eigenvalue weighted by Gasteiger charge is 2.27. The third-order valence-electron chi connectivity index (χ3n) is 11.6. The van der Waals surface area contributed by atoms with Crippen LogP contribution >= 0.6 is 7.82 Å². The maximum absolute atomic E-state index is 12.9. The van der Waals surface area contributed by atoms with E-state index in [1.807, 2.05) is 6.08 Å². The first-order valence-electron chi connectivity index (χ1n) is 25.5. The SMILES string of the molecule is CCCCCCCCCCC/C=C\CCCCCCCC(O)CC(=O)NC(COP(=O)(O)OCCN)C(O)/C=C/CCCCCCCCCCCCCCCCCCCC. The highest BCUT2D eigenvalue weighted by Crippen LogP contribution is 2.43. The predicted octanol–water partition coefficient (Wildman–Crippen LogP) is 13.9. The van der Waals surface area contributed by atoms with Crippen LogP contribution in [-0.4, -0.2) is 59.0 Å². The Hall–Kier alpha value is -1.06. The van der Waals surface area contributed by atoms with Crippen LogP contribution in [0.25, 0.3) is 0 Å². The van der Waals surface area contributed by atoms with E-state index in [1.54, 1.807) is 6.08 Å². The Morgan fingerprint density at radius 1 is 0.567 bits per heavy atom. The van der Waals surface area contributed by atoms with Gasteiger partial charge in [-0.05, 0) is 44.9 Å². The molecule has 0 aliphatic carbocycles. The molecule has 0 radical (unpaired) electrons. The van der Waals surface area contributed by atoms with Gasteiger partial charge in [0, 0.05) is 6.54 Å². The smallest absolute Gasteiger partial charge is 0.393 e. The van der Waals surface area contributed by atoms with Crippen molar-refractivity contribution < 1.29 is 33.5 Å². The molecule has 0 saturated carbocycles. The minimum absolute atomic E-state index is 0.0492. The summed E-state index contributed by atoms with van der Waals surface area (Å²) in [5.41, 5.74) is 5.38. The Bertz CT molecular complexity index is 1010. The fourth-order valence-corrected chi connectivity index (χ4v) is 8.46. The molecule has 0 aromatic carbocycles. The maximum Gasteiger partial charge on any atom is 0.472 e. The molecule has 0 aliphatic heterocycles. The van der Waals surface area contributed by atoms with E-state index < -0.39 is 38.6 Å². The van der Waals surface area contributed by atoms with Crippen molar-refractivity contribution in [1.82, 2.24) is 5.32 Å². The molecule has 0 spiro atoms. The molecule has 4 atom stereocenters. The van der Waals surface area contributed by atoms with Crippen molar-refractivity contribution in [3.8, 4) is 0 Å². The second-order valence-corrected chi connectivity index (χ2v) is 19.0. The molecular weight excluding hydrogens is 772 g/mol. The normalized spacial score (nSPS) is 14.6. The lowest BCUT2D eigenvalue weighted by Gasteiger charge is -2.24. The molecule has 60 heavy (non-hydrogen) atoms. The minimum Gasteiger partial charge on any atom is -0.393 e. The Kier molecular flexibility index (Phi) is 45.1. The number of aliphatic hydroxyl groups excluding tert-OH is 2. The number of unbranched alkanes of at least 4 members (excludes halogenated alkanes) is 32. The number of rotatable bonds is 48. The van der Waals surface area contributed by atoms with Gasteiger partial charge in [0.15, 0.2) is 0 Å². The Morgan fingerprint density at radius 2 is 0.933 bits per heavy atom. The Morgan fingerprint density at radius 3 is 1.33 bits per heavy atom. The van der Waals surface area contributed by atoms with Crippen molar-refractivity contribution in [2.45, 2.75) is 270 Å². The van der Waals surface area contributed by atoms with Crippen molar-refractivity contribution in [3.05, 3.63) is 24.3 Å². The zero-order valence-electron chi connectivity index (χ0n) is 39.3. The fourth-order valence-electron chi connectivity index (χ4n) is 7.70. The summed E-state index contributed by atoms with van der Waals surface area (Å²) in [7, 11) is -4.40. The Labute approximate surface area is 370 Å². The van der Waals surface area contributed by atoms with E-state index in [0.29, 0.717) is 6.42 Å². The number of phosphoric acid groups is 1. The van der Waals surface area contributed by atoms with Crippen molar-refractivity contribution in [2.24, 2.45) is 5.73 Å². The van der Waals surface area contributed by atoms with Crippen molar-refractivity contribution >= 4 is 13.7 Å².